The molecular weight excluding hydrogens is 347 g/mol. The topological polar surface area (TPSA) is 64.2 Å². The second kappa shape index (κ2) is 6.64. The number of hydrogen-bond donors (Lipinski definition) is 0. The summed E-state index contributed by atoms with van der Waals surface area (Å²) in [4.78, 5) is 15.2. The molecule has 0 bridgehead atoms. The summed E-state index contributed by atoms with van der Waals surface area (Å²) in [7, 11) is 0. The number of halogens is 1. The summed E-state index contributed by atoms with van der Waals surface area (Å²) in [5, 5.41) is 8.62. The molecule has 2 aromatic heterocycles. The molecule has 3 heterocycles. The first-order valence-electron chi connectivity index (χ1n) is 9.02. The lowest BCUT2D eigenvalue weighted by atomic mass is 10.1. The number of nitrogens with zero attached hydrogens (tertiary/aromatic N) is 4. The van der Waals surface area contributed by atoms with Crippen molar-refractivity contribution in [1.29, 1.82) is 0 Å². The summed E-state index contributed by atoms with van der Waals surface area (Å²) in [6.07, 6.45) is 1.79. The van der Waals surface area contributed by atoms with E-state index < -0.39 is 0 Å². The highest BCUT2D eigenvalue weighted by Gasteiger charge is 2.35. The van der Waals surface area contributed by atoms with E-state index in [9.17, 15) is 9.18 Å². The van der Waals surface area contributed by atoms with Crippen molar-refractivity contribution in [2.45, 2.75) is 39.7 Å². The third-order valence-corrected chi connectivity index (χ3v) is 5.08. The van der Waals surface area contributed by atoms with Gasteiger partial charge in [-0.3, -0.25) is 4.79 Å². The molecular formula is C20H21FN4O2. The van der Waals surface area contributed by atoms with Crippen LogP contribution in [0.25, 0.3) is 5.69 Å². The standard InChI is InChI=1S/C20H21FN4O2/c1-12-11-17(23-27-12)18-5-4-10-24(18)20(26)19-13(2)22-25(14(19)3)16-8-6-15(21)7-9-16/h6-9,11,18H,4-5,10H2,1-3H3. The van der Waals surface area contributed by atoms with Crippen LogP contribution in [0.1, 0.15) is 52.1 Å². The molecule has 0 N–H and O–H groups in total. The molecule has 1 amide bonds. The second-order valence-electron chi connectivity index (χ2n) is 6.95. The Kier molecular flexibility index (Phi) is 4.30. The van der Waals surface area contributed by atoms with Crippen LogP contribution in [0.15, 0.2) is 34.9 Å². The third kappa shape index (κ3) is 3.03. The number of hydrogen-bond acceptors (Lipinski definition) is 4. The maximum absolute atomic E-state index is 13.3. The SMILES string of the molecule is Cc1cc(C2CCCN2C(=O)c2c(C)nn(-c3ccc(F)cc3)c2C)no1. The third-order valence-electron chi connectivity index (χ3n) is 5.08. The lowest BCUT2D eigenvalue weighted by Crippen LogP contribution is -2.31. The van der Waals surface area contributed by atoms with Crippen molar-refractivity contribution in [1.82, 2.24) is 19.8 Å². The lowest BCUT2D eigenvalue weighted by molar-refractivity contribution is 0.0729. The van der Waals surface area contributed by atoms with Crippen molar-refractivity contribution in [3.8, 4) is 5.69 Å². The Morgan fingerprint density at radius 1 is 1.22 bits per heavy atom. The van der Waals surface area contributed by atoms with E-state index in [1.165, 1.54) is 12.1 Å². The monoisotopic (exact) mass is 368 g/mol. The van der Waals surface area contributed by atoms with E-state index in [0.717, 1.165) is 35.7 Å². The molecule has 6 nitrogen and oxygen atoms in total. The van der Waals surface area contributed by atoms with E-state index in [1.807, 2.05) is 31.7 Å². The zero-order chi connectivity index (χ0) is 19.1. The molecule has 140 valence electrons. The molecule has 7 heteroatoms. The van der Waals surface area contributed by atoms with Gasteiger partial charge in [-0.15, -0.1) is 0 Å². The first kappa shape index (κ1) is 17.5. The minimum Gasteiger partial charge on any atom is -0.361 e. The number of carbonyl (C=O) groups is 1. The van der Waals surface area contributed by atoms with E-state index in [0.29, 0.717) is 17.8 Å². The average molecular weight is 368 g/mol. The van der Waals surface area contributed by atoms with Crippen LogP contribution in [0.5, 0.6) is 0 Å². The molecule has 0 radical (unpaired) electrons. The number of likely N-dealkylation sites (tertiary alicyclic amines) is 1. The number of aryl methyl sites for hydroxylation is 2. The summed E-state index contributed by atoms with van der Waals surface area (Å²) < 4.78 is 20.1. The van der Waals surface area contributed by atoms with Gasteiger partial charge in [0.1, 0.15) is 17.3 Å². The molecule has 1 aliphatic heterocycles. The maximum Gasteiger partial charge on any atom is 0.258 e. The number of rotatable bonds is 3. The molecule has 1 atom stereocenters. The van der Waals surface area contributed by atoms with Gasteiger partial charge < -0.3 is 9.42 Å². The quantitative estimate of drug-likeness (QED) is 0.703. The number of aromatic nitrogens is 3. The van der Waals surface area contributed by atoms with Crippen molar-refractivity contribution >= 4 is 5.91 Å². The molecule has 27 heavy (non-hydrogen) atoms. The van der Waals surface area contributed by atoms with Gasteiger partial charge in [-0.1, -0.05) is 5.16 Å². The second-order valence-corrected chi connectivity index (χ2v) is 6.95. The van der Waals surface area contributed by atoms with Crippen LogP contribution in [-0.4, -0.2) is 32.3 Å². The minimum absolute atomic E-state index is 0.0542. The van der Waals surface area contributed by atoms with E-state index in [4.69, 9.17) is 4.52 Å². The summed E-state index contributed by atoms with van der Waals surface area (Å²) >= 11 is 0. The highest BCUT2D eigenvalue weighted by Crippen LogP contribution is 2.34. The number of carbonyl (C=O) groups excluding carboxylic acids is 1. The number of benzene rings is 1. The Balaban J connectivity index is 1.68. The maximum atomic E-state index is 13.3. The first-order chi connectivity index (χ1) is 13.0. The summed E-state index contributed by atoms with van der Waals surface area (Å²) in [6.45, 7) is 6.21. The molecule has 0 spiro atoms. The van der Waals surface area contributed by atoms with Crippen LogP contribution in [0.2, 0.25) is 0 Å². The molecule has 1 saturated heterocycles. The van der Waals surface area contributed by atoms with E-state index >= 15 is 0 Å². The molecule has 0 aliphatic carbocycles. The van der Waals surface area contributed by atoms with Gasteiger partial charge >= 0.3 is 0 Å². The summed E-state index contributed by atoms with van der Waals surface area (Å²) in [5.41, 5.74) is 3.50. The highest BCUT2D eigenvalue weighted by molar-refractivity contribution is 5.97. The van der Waals surface area contributed by atoms with Crippen LogP contribution in [-0.2, 0) is 0 Å². The molecule has 4 rings (SSSR count). The van der Waals surface area contributed by atoms with E-state index in [2.05, 4.69) is 10.3 Å². The highest BCUT2D eigenvalue weighted by atomic mass is 19.1. The van der Waals surface area contributed by atoms with Gasteiger partial charge in [-0.05, 0) is 57.9 Å². The average Bonchev–Trinajstić information content (AvgIpc) is 3.34. The van der Waals surface area contributed by atoms with Gasteiger partial charge in [-0.25, -0.2) is 9.07 Å². The number of amides is 1. The summed E-state index contributed by atoms with van der Waals surface area (Å²) in [6, 6.07) is 7.88. The molecule has 3 aromatic rings. The summed E-state index contributed by atoms with van der Waals surface area (Å²) in [5.74, 6) is 0.377. The van der Waals surface area contributed by atoms with Crippen LogP contribution >= 0.6 is 0 Å². The largest absolute Gasteiger partial charge is 0.361 e. The van der Waals surface area contributed by atoms with Gasteiger partial charge in [-0.2, -0.15) is 5.10 Å². The predicted molar refractivity (Wildman–Crippen MR) is 97.2 cm³/mol. The Hall–Kier alpha value is -2.96. The molecule has 0 saturated carbocycles. The molecule has 1 unspecified atom stereocenters. The Morgan fingerprint density at radius 2 is 1.96 bits per heavy atom. The first-order valence-corrected chi connectivity index (χ1v) is 9.02. The predicted octanol–water partition coefficient (Wildman–Crippen LogP) is 3.90. The van der Waals surface area contributed by atoms with Crippen LogP contribution in [0, 0.1) is 26.6 Å². The van der Waals surface area contributed by atoms with Crippen LogP contribution in [0.4, 0.5) is 4.39 Å². The fourth-order valence-electron chi connectivity index (χ4n) is 3.79. The zero-order valence-electron chi connectivity index (χ0n) is 15.6. The van der Waals surface area contributed by atoms with Crippen LogP contribution in [0.3, 0.4) is 0 Å². The lowest BCUT2D eigenvalue weighted by Gasteiger charge is -2.23. The molecule has 1 aromatic carbocycles. The van der Waals surface area contributed by atoms with Gasteiger partial charge in [0.15, 0.2) is 0 Å². The van der Waals surface area contributed by atoms with Crippen molar-refractivity contribution in [2.75, 3.05) is 6.54 Å². The fourth-order valence-corrected chi connectivity index (χ4v) is 3.79. The Labute approximate surface area is 156 Å². The Morgan fingerprint density at radius 3 is 2.63 bits per heavy atom. The Bertz CT molecular complexity index is 990. The van der Waals surface area contributed by atoms with Crippen molar-refractivity contribution in [2.24, 2.45) is 0 Å². The van der Waals surface area contributed by atoms with Crippen LogP contribution < -0.4 is 0 Å². The van der Waals surface area contributed by atoms with Crippen molar-refractivity contribution in [3.05, 3.63) is 64.6 Å². The van der Waals surface area contributed by atoms with Gasteiger partial charge in [0.25, 0.3) is 5.91 Å². The molecule has 1 aliphatic rings. The van der Waals surface area contributed by atoms with E-state index in [1.54, 1.807) is 16.8 Å². The van der Waals surface area contributed by atoms with Gasteiger partial charge in [0, 0.05) is 12.6 Å². The fraction of sp³-hybridized carbons (Fsp3) is 0.350. The minimum atomic E-state index is -0.306. The normalized spacial score (nSPS) is 16.9. The van der Waals surface area contributed by atoms with Gasteiger partial charge in [0.2, 0.25) is 0 Å². The smallest absolute Gasteiger partial charge is 0.258 e. The zero-order valence-corrected chi connectivity index (χ0v) is 15.6. The van der Waals surface area contributed by atoms with Gasteiger partial charge in [0.05, 0.1) is 28.7 Å². The van der Waals surface area contributed by atoms with E-state index in [-0.39, 0.29) is 17.8 Å². The van der Waals surface area contributed by atoms with Crippen molar-refractivity contribution < 1.29 is 13.7 Å². The van der Waals surface area contributed by atoms with Crippen molar-refractivity contribution in [3.63, 3.8) is 0 Å². The molecule has 1 fully saturated rings.